The van der Waals surface area contributed by atoms with Crippen LogP contribution in [-0.2, 0) is 4.74 Å². The van der Waals surface area contributed by atoms with Crippen LogP contribution in [0.5, 0.6) is 11.5 Å². The summed E-state index contributed by atoms with van der Waals surface area (Å²) < 4.78 is 10.8. The van der Waals surface area contributed by atoms with Gasteiger partial charge in [-0.25, -0.2) is 9.78 Å². The second-order valence-corrected chi connectivity index (χ2v) is 5.67. The first-order valence-electron chi connectivity index (χ1n) is 6.81. The topological polar surface area (TPSA) is 86.5 Å². The van der Waals surface area contributed by atoms with Gasteiger partial charge in [0.05, 0.1) is 0 Å². The van der Waals surface area contributed by atoms with Gasteiger partial charge in [-0.15, -0.1) is 0 Å². The number of amides is 1. The number of nitrogen functional groups attached to an aromatic ring is 1. The van der Waals surface area contributed by atoms with Crippen molar-refractivity contribution in [3.63, 3.8) is 0 Å². The first kappa shape index (κ1) is 15.6. The summed E-state index contributed by atoms with van der Waals surface area (Å²) in [5.74, 6) is 1.61. The average Bonchev–Trinajstić information content (AvgIpc) is 2.39. The number of hydrogen-bond acceptors (Lipinski definition) is 5. The van der Waals surface area contributed by atoms with E-state index in [1.165, 1.54) is 0 Å². The SMILES string of the molecule is CC(C)(C)OC(=O)Nc1ccc(Oc2ccnc(N)c2)cc1. The highest BCUT2D eigenvalue weighted by molar-refractivity contribution is 5.84. The molecule has 1 heterocycles. The van der Waals surface area contributed by atoms with Crippen LogP contribution in [0.1, 0.15) is 20.8 Å². The Morgan fingerprint density at radius 2 is 1.82 bits per heavy atom. The quantitative estimate of drug-likeness (QED) is 0.900. The van der Waals surface area contributed by atoms with Gasteiger partial charge in [-0.1, -0.05) is 0 Å². The number of nitrogens with two attached hydrogens (primary N) is 1. The lowest BCUT2D eigenvalue weighted by Crippen LogP contribution is -2.27. The maximum atomic E-state index is 11.7. The maximum Gasteiger partial charge on any atom is 0.412 e. The van der Waals surface area contributed by atoms with E-state index in [9.17, 15) is 4.79 Å². The van der Waals surface area contributed by atoms with Crippen molar-refractivity contribution in [1.82, 2.24) is 4.98 Å². The van der Waals surface area contributed by atoms with Gasteiger partial charge in [0.25, 0.3) is 0 Å². The molecule has 0 aliphatic rings. The van der Waals surface area contributed by atoms with E-state index in [4.69, 9.17) is 15.2 Å². The molecule has 0 saturated heterocycles. The predicted octanol–water partition coefficient (Wildman–Crippen LogP) is 3.80. The van der Waals surface area contributed by atoms with Crippen LogP contribution >= 0.6 is 0 Å². The Hall–Kier alpha value is -2.76. The number of pyridine rings is 1. The summed E-state index contributed by atoms with van der Waals surface area (Å²) in [5.41, 5.74) is 5.68. The fraction of sp³-hybridized carbons (Fsp3) is 0.250. The Labute approximate surface area is 129 Å². The molecule has 0 fully saturated rings. The van der Waals surface area contributed by atoms with E-state index < -0.39 is 11.7 Å². The van der Waals surface area contributed by atoms with Gasteiger partial charge in [0, 0.05) is 18.0 Å². The van der Waals surface area contributed by atoms with Crippen LogP contribution in [0.2, 0.25) is 0 Å². The Kier molecular flexibility index (Phi) is 4.50. The van der Waals surface area contributed by atoms with Crippen LogP contribution in [0.3, 0.4) is 0 Å². The fourth-order valence-corrected chi connectivity index (χ4v) is 1.66. The molecular formula is C16H19N3O3. The molecule has 2 rings (SSSR count). The Balaban J connectivity index is 1.97. The van der Waals surface area contributed by atoms with E-state index in [1.807, 2.05) is 20.8 Å². The Morgan fingerprint density at radius 1 is 1.14 bits per heavy atom. The predicted molar refractivity (Wildman–Crippen MR) is 85.0 cm³/mol. The van der Waals surface area contributed by atoms with Gasteiger partial charge in [-0.3, -0.25) is 5.32 Å². The zero-order valence-electron chi connectivity index (χ0n) is 12.8. The van der Waals surface area contributed by atoms with Crippen molar-refractivity contribution in [3.05, 3.63) is 42.6 Å². The molecule has 0 spiro atoms. The molecule has 6 nitrogen and oxygen atoms in total. The van der Waals surface area contributed by atoms with Gasteiger partial charge in [-0.2, -0.15) is 0 Å². The number of carbonyl (C=O) groups is 1. The van der Waals surface area contributed by atoms with Crippen molar-refractivity contribution in [2.24, 2.45) is 0 Å². The van der Waals surface area contributed by atoms with E-state index >= 15 is 0 Å². The minimum absolute atomic E-state index is 0.390. The average molecular weight is 301 g/mol. The highest BCUT2D eigenvalue weighted by Gasteiger charge is 2.16. The van der Waals surface area contributed by atoms with Crippen molar-refractivity contribution in [3.8, 4) is 11.5 Å². The molecule has 0 saturated carbocycles. The largest absolute Gasteiger partial charge is 0.457 e. The summed E-state index contributed by atoms with van der Waals surface area (Å²) in [6.07, 6.45) is 1.08. The molecule has 3 N–H and O–H groups in total. The number of nitrogens with one attached hydrogen (secondary N) is 1. The summed E-state index contributed by atoms with van der Waals surface area (Å²) in [6, 6.07) is 10.3. The van der Waals surface area contributed by atoms with Crippen molar-refractivity contribution in [1.29, 1.82) is 0 Å². The zero-order chi connectivity index (χ0) is 16.2. The summed E-state index contributed by atoms with van der Waals surface area (Å²) in [4.78, 5) is 15.5. The molecule has 0 aliphatic heterocycles. The van der Waals surface area contributed by atoms with Crippen LogP contribution in [-0.4, -0.2) is 16.7 Å². The third kappa shape index (κ3) is 4.97. The lowest BCUT2D eigenvalue weighted by molar-refractivity contribution is 0.0636. The minimum Gasteiger partial charge on any atom is -0.457 e. The van der Waals surface area contributed by atoms with Gasteiger partial charge in [0.2, 0.25) is 0 Å². The van der Waals surface area contributed by atoms with Crippen molar-refractivity contribution in [2.75, 3.05) is 11.1 Å². The minimum atomic E-state index is -0.533. The number of rotatable bonds is 3. The van der Waals surface area contributed by atoms with Crippen molar-refractivity contribution in [2.45, 2.75) is 26.4 Å². The van der Waals surface area contributed by atoms with E-state index in [-0.39, 0.29) is 0 Å². The van der Waals surface area contributed by atoms with Crippen LogP contribution in [0, 0.1) is 0 Å². The van der Waals surface area contributed by atoms with Crippen molar-refractivity contribution >= 4 is 17.6 Å². The van der Waals surface area contributed by atoms with Crippen LogP contribution in [0.25, 0.3) is 0 Å². The number of carbonyl (C=O) groups excluding carboxylic acids is 1. The summed E-state index contributed by atoms with van der Waals surface area (Å²) in [7, 11) is 0. The molecule has 2 aromatic rings. The number of benzene rings is 1. The van der Waals surface area contributed by atoms with E-state index in [2.05, 4.69) is 10.3 Å². The van der Waals surface area contributed by atoms with Gasteiger partial charge in [0.1, 0.15) is 22.9 Å². The number of aromatic nitrogens is 1. The molecule has 0 radical (unpaired) electrons. The summed E-state index contributed by atoms with van der Waals surface area (Å²) in [6.45, 7) is 5.43. The second kappa shape index (κ2) is 6.34. The lowest BCUT2D eigenvalue weighted by atomic mass is 10.2. The number of anilines is 2. The van der Waals surface area contributed by atoms with Gasteiger partial charge in [-0.05, 0) is 51.1 Å². The number of hydrogen-bond donors (Lipinski definition) is 2. The highest BCUT2D eigenvalue weighted by Crippen LogP contribution is 2.23. The normalized spacial score (nSPS) is 10.9. The molecule has 1 amide bonds. The van der Waals surface area contributed by atoms with Gasteiger partial charge >= 0.3 is 6.09 Å². The molecule has 116 valence electrons. The van der Waals surface area contributed by atoms with E-state index in [1.54, 1.807) is 42.6 Å². The molecule has 1 aromatic heterocycles. The number of ether oxygens (including phenoxy) is 2. The monoisotopic (exact) mass is 301 g/mol. The Bertz CT molecular complexity index is 648. The molecule has 0 bridgehead atoms. The highest BCUT2D eigenvalue weighted by atomic mass is 16.6. The summed E-state index contributed by atoms with van der Waals surface area (Å²) in [5, 5.41) is 2.65. The lowest BCUT2D eigenvalue weighted by Gasteiger charge is -2.19. The second-order valence-electron chi connectivity index (χ2n) is 5.67. The standard InChI is InChI=1S/C16H19N3O3/c1-16(2,3)22-15(20)19-11-4-6-12(7-5-11)21-13-8-9-18-14(17)10-13/h4-10H,1-3H3,(H2,17,18)(H,19,20). The molecule has 1 aromatic carbocycles. The molecule has 0 atom stereocenters. The van der Waals surface area contributed by atoms with Gasteiger partial charge in [0.15, 0.2) is 0 Å². The van der Waals surface area contributed by atoms with E-state index in [0.29, 0.717) is 23.0 Å². The number of nitrogens with zero attached hydrogens (tertiary/aromatic N) is 1. The van der Waals surface area contributed by atoms with Crippen LogP contribution in [0.4, 0.5) is 16.3 Å². The molecule has 6 heteroatoms. The molecular weight excluding hydrogens is 282 g/mol. The molecule has 0 unspecified atom stereocenters. The van der Waals surface area contributed by atoms with E-state index in [0.717, 1.165) is 0 Å². The van der Waals surface area contributed by atoms with Gasteiger partial charge < -0.3 is 15.2 Å². The van der Waals surface area contributed by atoms with Crippen LogP contribution in [0.15, 0.2) is 42.6 Å². The summed E-state index contributed by atoms with van der Waals surface area (Å²) >= 11 is 0. The first-order valence-corrected chi connectivity index (χ1v) is 6.81. The van der Waals surface area contributed by atoms with Crippen molar-refractivity contribution < 1.29 is 14.3 Å². The first-order chi connectivity index (χ1) is 10.3. The molecule has 22 heavy (non-hydrogen) atoms. The molecule has 0 aliphatic carbocycles. The third-order valence-corrected chi connectivity index (χ3v) is 2.49. The third-order valence-electron chi connectivity index (χ3n) is 2.49. The van der Waals surface area contributed by atoms with Crippen LogP contribution < -0.4 is 15.8 Å². The fourth-order valence-electron chi connectivity index (χ4n) is 1.66. The smallest absolute Gasteiger partial charge is 0.412 e. The zero-order valence-corrected chi connectivity index (χ0v) is 12.8. The maximum absolute atomic E-state index is 11.7. The Morgan fingerprint density at radius 3 is 2.41 bits per heavy atom.